The normalized spacial score (nSPS) is 11.7. The first-order valence-corrected chi connectivity index (χ1v) is 7.14. The van der Waals surface area contributed by atoms with E-state index in [1.54, 1.807) is 6.20 Å². The van der Waals surface area contributed by atoms with Crippen molar-refractivity contribution in [2.75, 3.05) is 0 Å². The quantitative estimate of drug-likeness (QED) is 0.939. The SMILES string of the molecule is Cc1nn(C)c(C)c1Oc1ccncc1CNC(C)(C)C. The van der Waals surface area contributed by atoms with Gasteiger partial charge in [-0.3, -0.25) is 9.67 Å². The minimum Gasteiger partial charge on any atom is -0.453 e. The van der Waals surface area contributed by atoms with E-state index in [4.69, 9.17) is 4.74 Å². The average Bonchev–Trinajstić information content (AvgIpc) is 2.63. The predicted octanol–water partition coefficient (Wildman–Crippen LogP) is 3.11. The van der Waals surface area contributed by atoms with Crippen molar-refractivity contribution in [3.63, 3.8) is 0 Å². The Balaban J connectivity index is 2.24. The number of pyridine rings is 1. The van der Waals surface area contributed by atoms with Gasteiger partial charge in [-0.05, 0) is 40.7 Å². The summed E-state index contributed by atoms with van der Waals surface area (Å²) in [5.41, 5.74) is 2.99. The monoisotopic (exact) mass is 288 g/mol. The van der Waals surface area contributed by atoms with Crippen LogP contribution in [0.25, 0.3) is 0 Å². The second kappa shape index (κ2) is 5.85. The van der Waals surface area contributed by atoms with Gasteiger partial charge in [0.25, 0.3) is 0 Å². The number of hydrogen-bond acceptors (Lipinski definition) is 4. The molecule has 0 radical (unpaired) electrons. The van der Waals surface area contributed by atoms with Gasteiger partial charge in [0.2, 0.25) is 0 Å². The molecule has 2 heterocycles. The number of aromatic nitrogens is 3. The van der Waals surface area contributed by atoms with E-state index < -0.39 is 0 Å². The molecule has 5 nitrogen and oxygen atoms in total. The summed E-state index contributed by atoms with van der Waals surface area (Å²) >= 11 is 0. The Kier molecular flexibility index (Phi) is 4.32. The molecule has 0 aromatic carbocycles. The lowest BCUT2D eigenvalue weighted by Crippen LogP contribution is -2.35. The fraction of sp³-hybridized carbons (Fsp3) is 0.500. The van der Waals surface area contributed by atoms with E-state index in [0.717, 1.165) is 28.5 Å². The summed E-state index contributed by atoms with van der Waals surface area (Å²) in [5.74, 6) is 1.64. The molecule has 0 atom stereocenters. The molecule has 2 aromatic heterocycles. The third-order valence-corrected chi connectivity index (χ3v) is 3.32. The van der Waals surface area contributed by atoms with Gasteiger partial charge < -0.3 is 10.1 Å². The Morgan fingerprint density at radius 3 is 2.57 bits per heavy atom. The van der Waals surface area contributed by atoms with Crippen molar-refractivity contribution in [2.45, 2.75) is 46.7 Å². The fourth-order valence-corrected chi connectivity index (χ4v) is 2.02. The smallest absolute Gasteiger partial charge is 0.171 e. The molecular weight excluding hydrogens is 264 g/mol. The van der Waals surface area contributed by atoms with Gasteiger partial charge in [-0.25, -0.2) is 0 Å². The summed E-state index contributed by atoms with van der Waals surface area (Å²) in [6.07, 6.45) is 3.59. The van der Waals surface area contributed by atoms with E-state index in [2.05, 4.69) is 36.2 Å². The second-order valence-corrected chi connectivity index (χ2v) is 6.31. The molecular formula is C16H24N4O. The number of hydrogen-bond donors (Lipinski definition) is 1. The van der Waals surface area contributed by atoms with Crippen LogP contribution in [0.2, 0.25) is 0 Å². The molecule has 0 aliphatic rings. The molecule has 0 aliphatic carbocycles. The Hall–Kier alpha value is -1.88. The number of ether oxygens (including phenoxy) is 1. The van der Waals surface area contributed by atoms with Crippen LogP contribution >= 0.6 is 0 Å². The standard InChI is InChI=1S/C16H24N4O/c1-11-15(12(2)20(6)19-11)21-14-7-8-17-9-13(14)10-18-16(3,4)5/h7-9,18H,10H2,1-6H3. The van der Waals surface area contributed by atoms with Crippen molar-refractivity contribution in [1.29, 1.82) is 0 Å². The zero-order valence-corrected chi connectivity index (χ0v) is 13.7. The molecule has 0 spiro atoms. The van der Waals surface area contributed by atoms with Gasteiger partial charge in [0, 0.05) is 37.1 Å². The maximum Gasteiger partial charge on any atom is 0.171 e. The van der Waals surface area contributed by atoms with Crippen LogP contribution in [0.1, 0.15) is 37.7 Å². The van der Waals surface area contributed by atoms with Crippen LogP contribution in [0.5, 0.6) is 11.5 Å². The molecule has 5 heteroatoms. The molecule has 0 aliphatic heterocycles. The predicted molar refractivity (Wildman–Crippen MR) is 83.6 cm³/mol. The van der Waals surface area contributed by atoms with E-state index in [0.29, 0.717) is 6.54 Å². The Labute approximate surface area is 126 Å². The highest BCUT2D eigenvalue weighted by molar-refractivity contribution is 5.40. The maximum atomic E-state index is 6.09. The molecule has 0 saturated carbocycles. The van der Waals surface area contributed by atoms with Crippen molar-refractivity contribution in [3.8, 4) is 11.5 Å². The summed E-state index contributed by atoms with van der Waals surface area (Å²) in [5, 5.41) is 7.84. The van der Waals surface area contributed by atoms with Gasteiger partial charge in [-0.1, -0.05) is 0 Å². The van der Waals surface area contributed by atoms with E-state index in [9.17, 15) is 0 Å². The summed E-state index contributed by atoms with van der Waals surface area (Å²) in [4.78, 5) is 4.20. The molecule has 0 unspecified atom stereocenters. The average molecular weight is 288 g/mol. The summed E-state index contributed by atoms with van der Waals surface area (Å²) < 4.78 is 7.93. The van der Waals surface area contributed by atoms with Crippen LogP contribution < -0.4 is 10.1 Å². The van der Waals surface area contributed by atoms with Crippen molar-refractivity contribution < 1.29 is 4.74 Å². The minimum absolute atomic E-state index is 0.0489. The van der Waals surface area contributed by atoms with Gasteiger partial charge in [0.05, 0.1) is 5.69 Å². The van der Waals surface area contributed by atoms with Crippen LogP contribution in [-0.2, 0) is 13.6 Å². The van der Waals surface area contributed by atoms with Crippen LogP contribution in [0, 0.1) is 13.8 Å². The number of aryl methyl sites for hydroxylation is 2. The number of rotatable bonds is 4. The lowest BCUT2D eigenvalue weighted by Gasteiger charge is -2.21. The molecule has 114 valence electrons. The van der Waals surface area contributed by atoms with E-state index in [1.807, 2.05) is 37.8 Å². The Bertz CT molecular complexity index is 626. The zero-order valence-electron chi connectivity index (χ0n) is 13.7. The molecule has 2 rings (SSSR count). The van der Waals surface area contributed by atoms with Crippen molar-refractivity contribution >= 4 is 0 Å². The van der Waals surface area contributed by atoms with Crippen LogP contribution in [0.15, 0.2) is 18.5 Å². The minimum atomic E-state index is 0.0489. The Morgan fingerprint density at radius 2 is 2.00 bits per heavy atom. The van der Waals surface area contributed by atoms with Crippen LogP contribution in [-0.4, -0.2) is 20.3 Å². The van der Waals surface area contributed by atoms with Crippen molar-refractivity contribution in [2.24, 2.45) is 7.05 Å². The largest absolute Gasteiger partial charge is 0.453 e. The molecule has 0 fully saturated rings. The lowest BCUT2D eigenvalue weighted by atomic mass is 10.1. The number of nitrogens with one attached hydrogen (secondary N) is 1. The third-order valence-electron chi connectivity index (χ3n) is 3.32. The summed E-state index contributed by atoms with van der Waals surface area (Å²) in [7, 11) is 1.92. The highest BCUT2D eigenvalue weighted by Crippen LogP contribution is 2.30. The zero-order chi connectivity index (χ0) is 15.6. The van der Waals surface area contributed by atoms with E-state index >= 15 is 0 Å². The Morgan fingerprint density at radius 1 is 1.29 bits per heavy atom. The first-order chi connectivity index (χ1) is 9.78. The van der Waals surface area contributed by atoms with Gasteiger partial charge in [-0.15, -0.1) is 0 Å². The lowest BCUT2D eigenvalue weighted by molar-refractivity contribution is 0.412. The molecule has 2 aromatic rings. The molecule has 0 amide bonds. The van der Waals surface area contributed by atoms with Gasteiger partial charge in [0.15, 0.2) is 5.75 Å². The highest BCUT2D eigenvalue weighted by atomic mass is 16.5. The van der Waals surface area contributed by atoms with Crippen molar-refractivity contribution in [3.05, 3.63) is 35.4 Å². The topological polar surface area (TPSA) is 52.0 Å². The molecule has 0 bridgehead atoms. The fourth-order valence-electron chi connectivity index (χ4n) is 2.02. The first kappa shape index (κ1) is 15.5. The maximum absolute atomic E-state index is 6.09. The van der Waals surface area contributed by atoms with E-state index in [-0.39, 0.29) is 5.54 Å². The number of nitrogens with zero attached hydrogens (tertiary/aromatic N) is 3. The van der Waals surface area contributed by atoms with Crippen molar-refractivity contribution in [1.82, 2.24) is 20.1 Å². The van der Waals surface area contributed by atoms with Crippen LogP contribution in [0.3, 0.4) is 0 Å². The summed E-state index contributed by atoms with van der Waals surface area (Å²) in [6, 6.07) is 1.89. The van der Waals surface area contributed by atoms with Gasteiger partial charge in [0.1, 0.15) is 11.4 Å². The molecule has 21 heavy (non-hydrogen) atoms. The van der Waals surface area contributed by atoms with Gasteiger partial charge in [-0.2, -0.15) is 5.10 Å². The molecule has 0 saturated heterocycles. The van der Waals surface area contributed by atoms with Gasteiger partial charge >= 0.3 is 0 Å². The highest BCUT2D eigenvalue weighted by Gasteiger charge is 2.15. The third kappa shape index (κ3) is 3.82. The van der Waals surface area contributed by atoms with E-state index in [1.165, 1.54) is 0 Å². The van der Waals surface area contributed by atoms with Crippen LogP contribution in [0.4, 0.5) is 0 Å². The molecule has 1 N–H and O–H groups in total. The summed E-state index contributed by atoms with van der Waals surface area (Å²) in [6.45, 7) is 11.1. The second-order valence-electron chi connectivity index (χ2n) is 6.31. The first-order valence-electron chi connectivity index (χ1n) is 7.14.